The van der Waals surface area contributed by atoms with Gasteiger partial charge in [0.05, 0.1) is 36.6 Å². The molecule has 1 fully saturated rings. The predicted octanol–water partition coefficient (Wildman–Crippen LogP) is 6.00. The first-order valence-corrected chi connectivity index (χ1v) is 16.1. The Morgan fingerprint density at radius 3 is 2.57 bits per heavy atom. The molecule has 1 atom stereocenters. The molecule has 5 rings (SSSR count). The number of aromatic nitrogens is 2. The molecule has 2 N–H and O–H groups in total. The van der Waals surface area contributed by atoms with Crippen LogP contribution in [0.3, 0.4) is 0 Å². The standard InChI is InChI=1S/C29H35ClF2N6O3S/c1-37(42(3,39)40)25-10-5-4-9-23(25)34-27-22(30)18-33-28(36-27)35-24-16-19-7-6-8-21(15-20(19)17-26(24)41-2)38-13-11-29(31,32)12-14-38/h4-5,9-10,16-18,21H,6-8,11-15H2,1-3H3,(H2,33,34,35,36). The minimum absolute atomic E-state index is 0.0829. The minimum atomic E-state index is -3.49. The Hall–Kier alpha value is -3.22. The van der Waals surface area contributed by atoms with Gasteiger partial charge in [0.25, 0.3) is 5.92 Å². The normalized spacial score (nSPS) is 19.0. The van der Waals surface area contributed by atoms with E-state index in [9.17, 15) is 17.2 Å². The summed E-state index contributed by atoms with van der Waals surface area (Å²) in [7, 11) is -0.423. The monoisotopic (exact) mass is 620 g/mol. The van der Waals surface area contributed by atoms with Crippen LogP contribution >= 0.6 is 11.6 Å². The average molecular weight is 621 g/mol. The van der Waals surface area contributed by atoms with Crippen LogP contribution in [-0.4, -0.2) is 68.8 Å². The maximum Gasteiger partial charge on any atom is 0.250 e. The number of ether oxygens (including phenoxy) is 1. The Morgan fingerprint density at radius 1 is 1.12 bits per heavy atom. The first-order chi connectivity index (χ1) is 19.9. The van der Waals surface area contributed by atoms with Crippen LogP contribution < -0.4 is 19.7 Å². The number of benzene rings is 2. The van der Waals surface area contributed by atoms with Crippen molar-refractivity contribution in [3.8, 4) is 5.75 Å². The topological polar surface area (TPSA) is 99.7 Å². The zero-order valence-corrected chi connectivity index (χ0v) is 25.4. The van der Waals surface area contributed by atoms with Crippen molar-refractivity contribution in [2.24, 2.45) is 0 Å². The lowest BCUT2D eigenvalue weighted by Gasteiger charge is -2.37. The lowest BCUT2D eigenvalue weighted by atomic mass is 9.97. The van der Waals surface area contributed by atoms with Crippen LogP contribution in [0.4, 0.5) is 37.6 Å². The van der Waals surface area contributed by atoms with Crippen molar-refractivity contribution >= 4 is 50.5 Å². The molecule has 2 heterocycles. The van der Waals surface area contributed by atoms with Crippen molar-refractivity contribution < 1.29 is 21.9 Å². The van der Waals surface area contributed by atoms with Crippen LogP contribution in [0.5, 0.6) is 5.75 Å². The van der Waals surface area contributed by atoms with Gasteiger partial charge >= 0.3 is 0 Å². The molecule has 0 radical (unpaired) electrons. The molecule has 1 unspecified atom stereocenters. The number of methoxy groups -OCH3 is 1. The van der Waals surface area contributed by atoms with Gasteiger partial charge in [-0.1, -0.05) is 23.7 Å². The molecule has 3 aromatic rings. The molecular weight excluding hydrogens is 586 g/mol. The van der Waals surface area contributed by atoms with Gasteiger partial charge in [-0.15, -0.1) is 0 Å². The van der Waals surface area contributed by atoms with E-state index in [1.165, 1.54) is 23.1 Å². The SMILES string of the molecule is COc1cc2c(cc1Nc1ncc(Cl)c(Nc3ccccc3N(C)S(C)(=O)=O)n1)CCCC(N1CCC(F)(F)CC1)C2. The molecule has 0 bridgehead atoms. The van der Waals surface area contributed by atoms with Crippen LogP contribution in [0.25, 0.3) is 0 Å². The highest BCUT2D eigenvalue weighted by atomic mass is 35.5. The predicted molar refractivity (Wildman–Crippen MR) is 162 cm³/mol. The Labute approximate surface area is 250 Å². The van der Waals surface area contributed by atoms with Crippen LogP contribution in [0.2, 0.25) is 5.02 Å². The van der Waals surface area contributed by atoms with E-state index in [4.69, 9.17) is 16.3 Å². The first kappa shape index (κ1) is 30.2. The van der Waals surface area contributed by atoms with Gasteiger partial charge < -0.3 is 15.4 Å². The second kappa shape index (κ2) is 12.2. The van der Waals surface area contributed by atoms with Gasteiger partial charge in [0.1, 0.15) is 10.8 Å². The zero-order valence-electron chi connectivity index (χ0n) is 23.8. The summed E-state index contributed by atoms with van der Waals surface area (Å²) >= 11 is 6.42. The Morgan fingerprint density at radius 2 is 1.86 bits per heavy atom. The van der Waals surface area contributed by atoms with Crippen molar-refractivity contribution in [1.82, 2.24) is 14.9 Å². The van der Waals surface area contributed by atoms with Crippen molar-refractivity contribution in [3.05, 3.63) is 58.7 Å². The molecule has 0 spiro atoms. The third kappa shape index (κ3) is 6.87. The fourth-order valence-electron chi connectivity index (χ4n) is 5.56. The summed E-state index contributed by atoms with van der Waals surface area (Å²) in [4.78, 5) is 11.1. The van der Waals surface area contributed by atoms with Crippen LogP contribution in [0.15, 0.2) is 42.6 Å². The fourth-order valence-corrected chi connectivity index (χ4v) is 6.22. The third-order valence-electron chi connectivity index (χ3n) is 7.99. The van der Waals surface area contributed by atoms with E-state index in [1.807, 2.05) is 12.1 Å². The number of nitrogens with one attached hydrogen (secondary N) is 2. The number of aryl methyl sites for hydroxylation is 1. The van der Waals surface area contributed by atoms with Gasteiger partial charge in [0.15, 0.2) is 5.82 Å². The number of hydrogen-bond acceptors (Lipinski definition) is 8. The maximum absolute atomic E-state index is 13.7. The number of fused-ring (bicyclic) bond motifs is 1. The lowest BCUT2D eigenvalue weighted by Crippen LogP contribution is -2.45. The summed E-state index contributed by atoms with van der Waals surface area (Å²) in [6.07, 6.45) is 6.00. The quantitative estimate of drug-likeness (QED) is 0.296. The number of nitrogens with zero attached hydrogens (tertiary/aromatic N) is 4. The molecule has 2 aromatic carbocycles. The molecule has 0 saturated carbocycles. The summed E-state index contributed by atoms with van der Waals surface area (Å²) < 4.78 is 58.7. The molecule has 0 amide bonds. The molecule has 2 aliphatic rings. The van der Waals surface area contributed by atoms with E-state index in [1.54, 1.807) is 31.4 Å². The highest BCUT2D eigenvalue weighted by Gasteiger charge is 2.36. The Kier molecular flexibility index (Phi) is 8.77. The lowest BCUT2D eigenvalue weighted by molar-refractivity contribution is -0.0635. The molecule has 42 heavy (non-hydrogen) atoms. The molecule has 9 nitrogen and oxygen atoms in total. The summed E-state index contributed by atoms with van der Waals surface area (Å²) in [6.45, 7) is 0.839. The fraction of sp³-hybridized carbons (Fsp3) is 0.448. The number of hydrogen-bond donors (Lipinski definition) is 2. The molecule has 1 aromatic heterocycles. The molecular formula is C29H35ClF2N6O3S. The molecule has 1 aliphatic heterocycles. The smallest absolute Gasteiger partial charge is 0.250 e. The summed E-state index contributed by atoms with van der Waals surface area (Å²) in [5.41, 5.74) is 3.97. The minimum Gasteiger partial charge on any atom is -0.495 e. The number of alkyl halides is 2. The summed E-state index contributed by atoms with van der Waals surface area (Å²) in [5, 5.41) is 6.64. The van der Waals surface area contributed by atoms with E-state index in [2.05, 4.69) is 25.5 Å². The van der Waals surface area contributed by atoms with Crippen molar-refractivity contribution in [3.63, 3.8) is 0 Å². The molecule has 13 heteroatoms. The second-order valence-corrected chi connectivity index (χ2v) is 13.3. The van der Waals surface area contributed by atoms with Gasteiger partial charge in [-0.3, -0.25) is 9.21 Å². The zero-order chi connectivity index (χ0) is 30.1. The van der Waals surface area contributed by atoms with Crippen LogP contribution in [-0.2, 0) is 22.9 Å². The average Bonchev–Trinajstić information content (AvgIpc) is 3.15. The summed E-state index contributed by atoms with van der Waals surface area (Å²) in [6, 6.07) is 11.2. The maximum atomic E-state index is 13.7. The number of sulfonamides is 1. The highest BCUT2D eigenvalue weighted by molar-refractivity contribution is 7.92. The molecule has 1 aliphatic carbocycles. The van der Waals surface area contributed by atoms with Gasteiger partial charge in [-0.25, -0.2) is 22.2 Å². The third-order valence-corrected chi connectivity index (χ3v) is 9.46. The number of halogens is 3. The first-order valence-electron chi connectivity index (χ1n) is 13.8. The Bertz CT molecular complexity index is 1550. The number of likely N-dealkylation sites (tertiary alicyclic amines) is 1. The van der Waals surface area contributed by atoms with Gasteiger partial charge in [-0.05, 0) is 61.1 Å². The Balaban J connectivity index is 1.37. The van der Waals surface area contributed by atoms with E-state index >= 15 is 0 Å². The molecule has 226 valence electrons. The van der Waals surface area contributed by atoms with E-state index in [0.29, 0.717) is 41.7 Å². The van der Waals surface area contributed by atoms with Crippen molar-refractivity contribution in [2.45, 2.75) is 50.5 Å². The van der Waals surface area contributed by atoms with Gasteiger partial charge in [0.2, 0.25) is 16.0 Å². The van der Waals surface area contributed by atoms with E-state index < -0.39 is 15.9 Å². The number of piperidine rings is 1. The number of para-hydroxylation sites is 2. The van der Waals surface area contributed by atoms with Crippen LogP contribution in [0.1, 0.15) is 36.8 Å². The van der Waals surface area contributed by atoms with Crippen molar-refractivity contribution in [1.29, 1.82) is 0 Å². The highest BCUT2D eigenvalue weighted by Crippen LogP contribution is 2.37. The van der Waals surface area contributed by atoms with Crippen molar-refractivity contribution in [2.75, 3.05) is 48.4 Å². The second-order valence-electron chi connectivity index (χ2n) is 10.9. The van der Waals surface area contributed by atoms with E-state index in [0.717, 1.165) is 37.5 Å². The summed E-state index contributed by atoms with van der Waals surface area (Å²) in [5.74, 6) is -1.37. The van der Waals surface area contributed by atoms with E-state index in [-0.39, 0.29) is 29.9 Å². The molecule has 1 saturated heterocycles. The van der Waals surface area contributed by atoms with Gasteiger partial charge in [0, 0.05) is 39.0 Å². The number of rotatable bonds is 8. The van der Waals surface area contributed by atoms with Crippen LogP contribution in [0, 0.1) is 0 Å². The largest absolute Gasteiger partial charge is 0.495 e. The van der Waals surface area contributed by atoms with Gasteiger partial charge in [-0.2, -0.15) is 4.98 Å². The number of anilines is 5.